The van der Waals surface area contributed by atoms with E-state index in [1.54, 1.807) is 0 Å². The van der Waals surface area contributed by atoms with Crippen molar-refractivity contribution in [1.29, 1.82) is 0 Å². The van der Waals surface area contributed by atoms with Gasteiger partial charge in [-0.05, 0) is 70.6 Å². The minimum absolute atomic E-state index is 0. The molecule has 2 aromatic heterocycles. The summed E-state index contributed by atoms with van der Waals surface area (Å²) >= 11 is 1.83. The van der Waals surface area contributed by atoms with Crippen molar-refractivity contribution in [2.45, 2.75) is 80.1 Å². The standard InChI is InChI=1S/C29H32NS.C5H8O2.Ir/c1-18-9-19(2)11-20(10-18)25-14-22-15-26(31-27(22)17-30-25)21-12-23(28(3,4)5)16-24(13-21)29(6,7)8;1-4(6)3-5(2)7;/h9-10,12-17H,1-8H3;3,6H,1-2H3;/q-1;;/b;4-3-;. The first-order chi connectivity index (χ1) is 17.5. The molecule has 0 aliphatic carbocycles. The largest absolute Gasteiger partial charge is 0.512 e. The average Bonchev–Trinajstić information content (AvgIpc) is 3.20. The first-order valence-electron chi connectivity index (χ1n) is 13.0. The summed E-state index contributed by atoms with van der Waals surface area (Å²) in [7, 11) is 0. The zero-order valence-electron chi connectivity index (χ0n) is 24.7. The third-order valence-electron chi connectivity index (χ3n) is 6.19. The monoisotopic (exact) mass is 719 g/mol. The van der Waals surface area contributed by atoms with Gasteiger partial charge in [0.25, 0.3) is 0 Å². The Labute approximate surface area is 251 Å². The Morgan fingerprint density at radius 1 is 0.897 bits per heavy atom. The maximum absolute atomic E-state index is 10.0. The quantitative estimate of drug-likeness (QED) is 0.130. The summed E-state index contributed by atoms with van der Waals surface area (Å²) in [6.45, 7) is 20.8. The summed E-state index contributed by atoms with van der Waals surface area (Å²) in [5, 5.41) is 9.61. The second kappa shape index (κ2) is 12.7. The van der Waals surface area contributed by atoms with Crippen LogP contribution in [0.4, 0.5) is 0 Å². The van der Waals surface area contributed by atoms with Crippen molar-refractivity contribution in [3.05, 3.63) is 88.8 Å². The number of pyridine rings is 1. The fourth-order valence-electron chi connectivity index (χ4n) is 4.20. The number of aryl methyl sites for hydroxylation is 2. The number of thiophene rings is 1. The molecule has 209 valence electrons. The summed E-state index contributed by atoms with van der Waals surface area (Å²) in [5.74, 6) is -0.0625. The van der Waals surface area contributed by atoms with Crippen molar-refractivity contribution < 1.29 is 30.0 Å². The van der Waals surface area contributed by atoms with E-state index in [0.29, 0.717) is 0 Å². The predicted octanol–water partition coefficient (Wildman–Crippen LogP) is 9.68. The molecule has 0 amide bonds. The number of hydrogen-bond donors (Lipinski definition) is 1. The number of benzene rings is 2. The van der Waals surface area contributed by atoms with Gasteiger partial charge in [-0.1, -0.05) is 67.5 Å². The smallest absolute Gasteiger partial charge is 0.155 e. The molecule has 1 N–H and O–H groups in total. The molecule has 3 nitrogen and oxygen atoms in total. The molecule has 4 aromatic rings. The molecule has 2 aromatic carbocycles. The molecule has 1 radical (unpaired) electrons. The summed E-state index contributed by atoms with van der Waals surface area (Å²) < 4.78 is 1.22. The van der Waals surface area contributed by atoms with Crippen molar-refractivity contribution in [3.8, 4) is 21.7 Å². The Hall–Kier alpha value is -2.59. The molecule has 0 saturated carbocycles. The molecule has 5 heteroatoms. The van der Waals surface area contributed by atoms with Crippen molar-refractivity contribution >= 4 is 27.2 Å². The predicted molar refractivity (Wildman–Crippen MR) is 163 cm³/mol. The molecule has 2 heterocycles. The number of nitrogens with zero attached hydrogens (tertiary/aromatic N) is 1. The molecule has 39 heavy (non-hydrogen) atoms. The number of carbonyl (C=O) groups excluding carboxylic acids is 1. The molecule has 0 aliphatic heterocycles. The van der Waals surface area contributed by atoms with E-state index in [-0.39, 0.29) is 42.5 Å². The minimum atomic E-state index is -0.125. The molecule has 0 atom stereocenters. The fraction of sp³-hybridized carbons (Fsp3) is 0.353. The van der Waals surface area contributed by atoms with Crippen LogP contribution in [0.5, 0.6) is 0 Å². The van der Waals surface area contributed by atoms with Crippen LogP contribution in [0.3, 0.4) is 0 Å². The van der Waals surface area contributed by atoms with Gasteiger partial charge in [0.2, 0.25) is 0 Å². The third kappa shape index (κ3) is 8.96. The van der Waals surface area contributed by atoms with E-state index in [2.05, 4.69) is 104 Å². The first-order valence-corrected chi connectivity index (χ1v) is 13.8. The second-order valence-electron chi connectivity index (χ2n) is 12.2. The number of rotatable bonds is 3. The van der Waals surface area contributed by atoms with Crippen LogP contribution in [-0.4, -0.2) is 15.9 Å². The number of hydrogen-bond acceptors (Lipinski definition) is 4. The molecular weight excluding hydrogens is 679 g/mol. The zero-order valence-corrected chi connectivity index (χ0v) is 28.0. The van der Waals surface area contributed by atoms with Crippen LogP contribution in [-0.2, 0) is 35.7 Å². The second-order valence-corrected chi connectivity index (χ2v) is 13.3. The Balaban J connectivity index is 0.000000592. The molecule has 0 unspecified atom stereocenters. The third-order valence-corrected chi connectivity index (χ3v) is 7.32. The molecule has 4 rings (SSSR count). The van der Waals surface area contributed by atoms with Gasteiger partial charge < -0.3 is 10.1 Å². The van der Waals surface area contributed by atoms with E-state index >= 15 is 0 Å². The van der Waals surface area contributed by atoms with E-state index in [1.165, 1.54) is 57.1 Å². The van der Waals surface area contributed by atoms with Gasteiger partial charge in [-0.2, -0.15) is 0 Å². The van der Waals surface area contributed by atoms with Gasteiger partial charge in [0.1, 0.15) is 0 Å². The van der Waals surface area contributed by atoms with E-state index in [4.69, 9.17) is 10.1 Å². The number of aliphatic hydroxyl groups is 1. The van der Waals surface area contributed by atoms with Crippen LogP contribution >= 0.6 is 11.3 Å². The van der Waals surface area contributed by atoms with E-state index in [0.717, 1.165) is 16.8 Å². The number of allylic oxidation sites excluding steroid dienone is 2. The maximum Gasteiger partial charge on any atom is 0.155 e. The van der Waals surface area contributed by atoms with Gasteiger partial charge in [0, 0.05) is 37.3 Å². The van der Waals surface area contributed by atoms with Crippen LogP contribution in [0.1, 0.15) is 77.6 Å². The van der Waals surface area contributed by atoms with Crippen LogP contribution < -0.4 is 0 Å². The topological polar surface area (TPSA) is 50.2 Å². The van der Waals surface area contributed by atoms with Gasteiger partial charge in [0.05, 0.1) is 10.5 Å². The van der Waals surface area contributed by atoms with E-state index < -0.39 is 0 Å². The number of aromatic nitrogens is 1. The van der Waals surface area contributed by atoms with Crippen LogP contribution in [0.25, 0.3) is 31.8 Å². The first kappa shape index (κ1) is 32.6. The Bertz CT molecular complexity index is 1440. The number of carbonyl (C=O) groups is 1. The van der Waals surface area contributed by atoms with Gasteiger partial charge in [-0.25, -0.2) is 0 Å². The average molecular weight is 719 g/mol. The summed E-state index contributed by atoms with van der Waals surface area (Å²) in [6.07, 6.45) is 3.18. The van der Waals surface area contributed by atoms with Gasteiger partial charge in [-0.3, -0.25) is 4.79 Å². The molecular formula is C34H40IrNO2S-. The maximum atomic E-state index is 10.0. The summed E-state index contributed by atoms with van der Waals surface area (Å²) in [5.41, 5.74) is 8.74. The Morgan fingerprint density at radius 3 is 1.95 bits per heavy atom. The SMILES string of the molecule is CC(=O)/C=C(/C)O.Cc1[c-]c(-c2cc3cc(-c4cc(C(C)(C)C)cc(C(C)(C)C)c4)sc3cn2)cc(C)c1.[Ir]. The Morgan fingerprint density at radius 2 is 1.49 bits per heavy atom. The molecule has 0 saturated heterocycles. The zero-order chi connectivity index (χ0) is 28.4. The van der Waals surface area contributed by atoms with Crippen LogP contribution in [0.2, 0.25) is 0 Å². The normalized spacial score (nSPS) is 12.0. The van der Waals surface area contributed by atoms with Gasteiger partial charge in [-0.15, -0.1) is 46.2 Å². The van der Waals surface area contributed by atoms with Gasteiger partial charge >= 0.3 is 0 Å². The van der Waals surface area contributed by atoms with E-state index in [1.807, 2.05) is 17.5 Å². The molecule has 0 fully saturated rings. The minimum Gasteiger partial charge on any atom is -0.512 e. The van der Waals surface area contributed by atoms with Crippen LogP contribution in [0, 0.1) is 19.9 Å². The number of fused-ring (bicyclic) bond motifs is 1. The van der Waals surface area contributed by atoms with Crippen LogP contribution in [0.15, 0.2) is 60.5 Å². The summed E-state index contributed by atoms with van der Waals surface area (Å²) in [6, 6.07) is 19.4. The van der Waals surface area contributed by atoms with Crippen molar-refractivity contribution in [1.82, 2.24) is 4.98 Å². The molecule has 0 spiro atoms. The van der Waals surface area contributed by atoms with Gasteiger partial charge in [0.15, 0.2) is 5.78 Å². The fourth-order valence-corrected chi connectivity index (χ4v) is 5.20. The number of ketones is 1. The van der Waals surface area contributed by atoms with Crippen molar-refractivity contribution in [2.75, 3.05) is 0 Å². The van der Waals surface area contributed by atoms with Crippen molar-refractivity contribution in [2.24, 2.45) is 0 Å². The van der Waals surface area contributed by atoms with Crippen molar-refractivity contribution in [3.63, 3.8) is 0 Å². The summed E-state index contributed by atoms with van der Waals surface area (Å²) in [4.78, 5) is 16.1. The van der Waals surface area contributed by atoms with E-state index in [9.17, 15) is 4.79 Å². The molecule has 0 bridgehead atoms. The Kier molecular flexibility index (Phi) is 10.6. The molecule has 0 aliphatic rings. The number of aliphatic hydroxyl groups excluding tert-OH is 1.